The molecule has 1 aromatic rings. The Kier molecular flexibility index (Phi) is 6.91. The van der Waals surface area contributed by atoms with Crippen LogP contribution in [0.1, 0.15) is 6.42 Å². The highest BCUT2D eigenvalue weighted by Gasteiger charge is 2.02. The molecular formula is C11H17BrN2O3. The van der Waals surface area contributed by atoms with E-state index in [9.17, 15) is 0 Å². The van der Waals surface area contributed by atoms with Gasteiger partial charge in [-0.2, -0.15) is 0 Å². The van der Waals surface area contributed by atoms with Gasteiger partial charge in [-0.3, -0.25) is 0 Å². The summed E-state index contributed by atoms with van der Waals surface area (Å²) in [6, 6.07) is 1.75. The fourth-order valence-electron chi connectivity index (χ4n) is 1.15. The Morgan fingerprint density at radius 2 is 2.12 bits per heavy atom. The van der Waals surface area contributed by atoms with Crippen LogP contribution in [-0.2, 0) is 9.47 Å². The smallest absolute Gasteiger partial charge is 0.228 e. The molecule has 2 N–H and O–H groups in total. The van der Waals surface area contributed by atoms with Crippen molar-refractivity contribution < 1.29 is 14.2 Å². The molecule has 0 aliphatic heterocycles. The van der Waals surface area contributed by atoms with Crippen LogP contribution in [0.4, 0.5) is 5.69 Å². The molecule has 6 heteroatoms. The number of nitrogens with zero attached hydrogens (tertiary/aromatic N) is 1. The average Bonchev–Trinajstić information content (AvgIpc) is 2.30. The molecule has 0 unspecified atom stereocenters. The van der Waals surface area contributed by atoms with Gasteiger partial charge in [-0.25, -0.2) is 4.98 Å². The number of rotatable bonds is 8. The third-order valence-electron chi connectivity index (χ3n) is 1.93. The Morgan fingerprint density at radius 1 is 1.29 bits per heavy atom. The lowest BCUT2D eigenvalue weighted by Gasteiger charge is -2.08. The standard InChI is InChI=1S/C11H17BrN2O3/c1-15-3-2-4-16-5-6-17-11-10(12)7-9(13)8-14-11/h7-8H,2-6,13H2,1H3. The highest BCUT2D eigenvalue weighted by Crippen LogP contribution is 2.23. The van der Waals surface area contributed by atoms with Gasteiger partial charge in [0.25, 0.3) is 0 Å². The number of halogens is 1. The predicted octanol–water partition coefficient (Wildman–Crippen LogP) is 1.86. The molecule has 0 spiro atoms. The monoisotopic (exact) mass is 304 g/mol. The van der Waals surface area contributed by atoms with E-state index in [-0.39, 0.29) is 0 Å². The molecule has 5 nitrogen and oxygen atoms in total. The summed E-state index contributed by atoms with van der Waals surface area (Å²) in [5, 5.41) is 0. The SMILES string of the molecule is COCCCOCCOc1ncc(N)cc1Br. The number of nitrogen functional groups attached to an aromatic ring is 1. The van der Waals surface area contributed by atoms with Crippen molar-refractivity contribution in [3.05, 3.63) is 16.7 Å². The average molecular weight is 305 g/mol. The van der Waals surface area contributed by atoms with E-state index in [4.69, 9.17) is 19.9 Å². The van der Waals surface area contributed by atoms with Crippen molar-refractivity contribution in [2.45, 2.75) is 6.42 Å². The normalized spacial score (nSPS) is 10.5. The van der Waals surface area contributed by atoms with Crippen molar-refractivity contribution >= 4 is 21.6 Å². The zero-order valence-corrected chi connectivity index (χ0v) is 11.4. The number of anilines is 1. The van der Waals surface area contributed by atoms with Gasteiger partial charge in [0.1, 0.15) is 6.61 Å². The number of methoxy groups -OCH3 is 1. The Labute approximate surface area is 109 Å². The molecule has 17 heavy (non-hydrogen) atoms. The van der Waals surface area contributed by atoms with Gasteiger partial charge in [-0.1, -0.05) is 0 Å². The maximum absolute atomic E-state index is 5.57. The molecule has 0 bridgehead atoms. The number of hydrogen-bond acceptors (Lipinski definition) is 5. The fraction of sp³-hybridized carbons (Fsp3) is 0.545. The predicted molar refractivity (Wildman–Crippen MR) is 69.2 cm³/mol. The van der Waals surface area contributed by atoms with Crippen molar-refractivity contribution in [1.82, 2.24) is 4.98 Å². The molecule has 0 radical (unpaired) electrons. The molecule has 0 aromatic carbocycles. The summed E-state index contributed by atoms with van der Waals surface area (Å²) in [4.78, 5) is 4.06. The van der Waals surface area contributed by atoms with E-state index in [1.165, 1.54) is 0 Å². The van der Waals surface area contributed by atoms with Gasteiger partial charge in [0.2, 0.25) is 5.88 Å². The summed E-state index contributed by atoms with van der Waals surface area (Å²) < 4.78 is 16.4. The van der Waals surface area contributed by atoms with Gasteiger partial charge in [-0.15, -0.1) is 0 Å². The molecule has 1 aromatic heterocycles. The van der Waals surface area contributed by atoms with E-state index in [1.807, 2.05) is 0 Å². The van der Waals surface area contributed by atoms with Crippen LogP contribution in [0.15, 0.2) is 16.7 Å². The molecule has 0 aliphatic carbocycles. The van der Waals surface area contributed by atoms with Gasteiger partial charge in [0, 0.05) is 20.3 Å². The molecule has 0 fully saturated rings. The van der Waals surface area contributed by atoms with E-state index in [2.05, 4.69) is 20.9 Å². The second-order valence-corrected chi connectivity index (χ2v) is 4.22. The van der Waals surface area contributed by atoms with Gasteiger partial charge >= 0.3 is 0 Å². The Hall–Kier alpha value is -0.850. The van der Waals surface area contributed by atoms with Crippen LogP contribution in [-0.4, -0.2) is 38.5 Å². The number of nitrogens with two attached hydrogens (primary N) is 1. The van der Waals surface area contributed by atoms with E-state index in [1.54, 1.807) is 19.4 Å². The van der Waals surface area contributed by atoms with Crippen LogP contribution in [0.25, 0.3) is 0 Å². The van der Waals surface area contributed by atoms with Crippen molar-refractivity contribution in [2.75, 3.05) is 39.3 Å². The molecule has 0 saturated carbocycles. The first-order chi connectivity index (χ1) is 8.24. The second-order valence-electron chi connectivity index (χ2n) is 3.36. The van der Waals surface area contributed by atoms with Crippen molar-refractivity contribution in [2.24, 2.45) is 0 Å². The minimum Gasteiger partial charge on any atom is -0.474 e. The first-order valence-corrected chi connectivity index (χ1v) is 6.14. The maximum atomic E-state index is 5.57. The van der Waals surface area contributed by atoms with Crippen molar-refractivity contribution in [3.8, 4) is 5.88 Å². The molecule has 0 amide bonds. The molecule has 0 aliphatic rings. The number of aromatic nitrogens is 1. The summed E-state index contributed by atoms with van der Waals surface area (Å²) >= 11 is 3.33. The van der Waals surface area contributed by atoms with Crippen molar-refractivity contribution in [1.29, 1.82) is 0 Å². The van der Waals surface area contributed by atoms with Crippen LogP contribution in [0.3, 0.4) is 0 Å². The van der Waals surface area contributed by atoms with Crippen LogP contribution < -0.4 is 10.5 Å². The third kappa shape index (κ3) is 5.86. The van der Waals surface area contributed by atoms with Gasteiger partial charge in [0.05, 0.1) is 23.0 Å². The third-order valence-corrected chi connectivity index (χ3v) is 2.50. The Bertz CT molecular complexity index is 336. The minimum absolute atomic E-state index is 0.461. The summed E-state index contributed by atoms with van der Waals surface area (Å²) in [6.45, 7) is 2.38. The Balaban J connectivity index is 2.14. The first-order valence-electron chi connectivity index (χ1n) is 5.34. The summed E-state index contributed by atoms with van der Waals surface area (Å²) in [5.74, 6) is 0.527. The van der Waals surface area contributed by atoms with Gasteiger partial charge in [0.15, 0.2) is 0 Å². The molecular weight excluding hydrogens is 288 g/mol. The maximum Gasteiger partial charge on any atom is 0.228 e. The van der Waals surface area contributed by atoms with Crippen molar-refractivity contribution in [3.63, 3.8) is 0 Å². The quantitative estimate of drug-likeness (QED) is 0.743. The zero-order chi connectivity index (χ0) is 12.5. The van der Waals surface area contributed by atoms with E-state index in [0.717, 1.165) is 10.9 Å². The molecule has 0 atom stereocenters. The molecule has 96 valence electrons. The van der Waals surface area contributed by atoms with Gasteiger partial charge < -0.3 is 19.9 Å². The number of ether oxygens (including phenoxy) is 3. The summed E-state index contributed by atoms with van der Waals surface area (Å²) in [6.07, 6.45) is 2.44. The van der Waals surface area contributed by atoms with Crippen LogP contribution in [0, 0.1) is 0 Å². The molecule has 1 rings (SSSR count). The Morgan fingerprint density at radius 3 is 2.82 bits per heavy atom. The van der Waals surface area contributed by atoms with Gasteiger partial charge in [-0.05, 0) is 28.4 Å². The first kappa shape index (κ1) is 14.2. The lowest BCUT2D eigenvalue weighted by atomic mass is 10.4. The fourth-order valence-corrected chi connectivity index (χ4v) is 1.63. The summed E-state index contributed by atoms with van der Waals surface area (Å²) in [5.41, 5.74) is 6.16. The van der Waals surface area contributed by atoms with E-state index < -0.39 is 0 Å². The minimum atomic E-state index is 0.461. The zero-order valence-electron chi connectivity index (χ0n) is 9.82. The molecule has 0 saturated heterocycles. The highest BCUT2D eigenvalue weighted by molar-refractivity contribution is 9.10. The van der Waals surface area contributed by atoms with Crippen LogP contribution in [0.2, 0.25) is 0 Å². The van der Waals surface area contributed by atoms with E-state index >= 15 is 0 Å². The van der Waals surface area contributed by atoms with Crippen LogP contribution in [0.5, 0.6) is 5.88 Å². The topological polar surface area (TPSA) is 66.6 Å². The summed E-state index contributed by atoms with van der Waals surface area (Å²) in [7, 11) is 1.67. The lowest BCUT2D eigenvalue weighted by molar-refractivity contribution is 0.0794. The highest BCUT2D eigenvalue weighted by atomic mass is 79.9. The lowest BCUT2D eigenvalue weighted by Crippen LogP contribution is -2.09. The largest absolute Gasteiger partial charge is 0.474 e. The van der Waals surface area contributed by atoms with Crippen LogP contribution >= 0.6 is 15.9 Å². The molecule has 1 heterocycles. The second kappa shape index (κ2) is 8.27. The number of pyridine rings is 1. The number of hydrogen-bond donors (Lipinski definition) is 1. The van der Waals surface area contributed by atoms with E-state index in [0.29, 0.717) is 38.0 Å².